The van der Waals surface area contributed by atoms with Gasteiger partial charge in [-0.15, -0.1) is 11.6 Å². The van der Waals surface area contributed by atoms with Gasteiger partial charge in [0.1, 0.15) is 0 Å². The van der Waals surface area contributed by atoms with Gasteiger partial charge in [-0.2, -0.15) is 0 Å². The molecule has 0 spiro atoms. The number of halogens is 1. The Balaban J connectivity index is 2.96. The Morgan fingerprint density at radius 3 is 1.74 bits per heavy atom. The lowest BCUT2D eigenvalue weighted by atomic mass is 10.2. The van der Waals surface area contributed by atoms with E-state index in [1.807, 2.05) is 0 Å². The van der Waals surface area contributed by atoms with Gasteiger partial charge >= 0.3 is 6.09 Å². The van der Waals surface area contributed by atoms with E-state index >= 15 is 0 Å². The normalized spacial score (nSPS) is 10.8. The molecular weight excluding hydrogens is 326 g/mol. The summed E-state index contributed by atoms with van der Waals surface area (Å²) in [6.07, 6.45) is 3.44. The number of hydrogen-bond donors (Lipinski definition) is 2. The molecule has 0 aromatic rings. The molecule has 0 atom stereocenters. The number of ether oxygens (including phenoxy) is 4. The Bertz CT molecular complexity index is 258. The van der Waals surface area contributed by atoms with E-state index in [0.29, 0.717) is 46.2 Å². The minimum Gasteiger partial charge on any atom is -0.465 e. The number of hydrogen-bond acceptors (Lipinski definition) is 5. The maximum absolute atomic E-state index is 10.2. The SMILES string of the molecule is O=C(O)NCCOCCOCCOCCOCCCCCCCl. The molecule has 0 saturated heterocycles. The van der Waals surface area contributed by atoms with E-state index < -0.39 is 6.09 Å². The molecule has 8 heteroatoms. The lowest BCUT2D eigenvalue weighted by Crippen LogP contribution is -2.25. The second-order valence-electron chi connectivity index (χ2n) is 4.78. The van der Waals surface area contributed by atoms with Gasteiger partial charge in [-0.25, -0.2) is 4.79 Å². The van der Waals surface area contributed by atoms with Crippen LogP contribution < -0.4 is 5.32 Å². The van der Waals surface area contributed by atoms with E-state index in [9.17, 15) is 4.79 Å². The topological polar surface area (TPSA) is 86.3 Å². The van der Waals surface area contributed by atoms with Crippen LogP contribution in [0.5, 0.6) is 0 Å². The maximum Gasteiger partial charge on any atom is 0.404 e. The summed E-state index contributed by atoms with van der Waals surface area (Å²) in [5.41, 5.74) is 0. The molecule has 0 heterocycles. The van der Waals surface area contributed by atoms with E-state index in [1.165, 1.54) is 6.42 Å². The summed E-state index contributed by atoms with van der Waals surface area (Å²) >= 11 is 5.60. The quantitative estimate of drug-likeness (QED) is 0.289. The lowest BCUT2D eigenvalue weighted by Gasteiger charge is -2.07. The standard InChI is InChI=1S/C15H30ClNO6/c16-5-3-1-2-4-7-20-9-11-22-13-14-23-12-10-21-8-6-17-15(18)19/h17H,1-14H2,(H,18,19). The summed E-state index contributed by atoms with van der Waals surface area (Å²) in [5, 5.41) is 10.5. The zero-order chi connectivity index (χ0) is 17.0. The van der Waals surface area contributed by atoms with Crippen molar-refractivity contribution < 1.29 is 28.8 Å². The molecule has 0 bridgehead atoms. The number of nitrogens with one attached hydrogen (secondary N) is 1. The van der Waals surface area contributed by atoms with Crippen LogP contribution in [-0.4, -0.2) is 76.5 Å². The van der Waals surface area contributed by atoms with Gasteiger partial charge in [0.2, 0.25) is 0 Å². The first-order valence-corrected chi connectivity index (χ1v) is 8.64. The highest BCUT2D eigenvalue weighted by Gasteiger charge is 1.95. The summed E-state index contributed by atoms with van der Waals surface area (Å²) in [6, 6.07) is 0. The van der Waals surface area contributed by atoms with E-state index in [4.69, 9.17) is 35.7 Å². The first kappa shape index (κ1) is 22.4. The third-order valence-electron chi connectivity index (χ3n) is 2.81. The van der Waals surface area contributed by atoms with Gasteiger partial charge in [-0.3, -0.25) is 0 Å². The second kappa shape index (κ2) is 19.4. The average Bonchev–Trinajstić information content (AvgIpc) is 2.53. The number of rotatable bonds is 18. The molecule has 0 fully saturated rings. The Labute approximate surface area is 143 Å². The van der Waals surface area contributed by atoms with Gasteiger partial charge in [-0.1, -0.05) is 12.8 Å². The smallest absolute Gasteiger partial charge is 0.404 e. The molecule has 0 aliphatic heterocycles. The van der Waals surface area contributed by atoms with Crippen molar-refractivity contribution in [1.82, 2.24) is 5.32 Å². The third-order valence-corrected chi connectivity index (χ3v) is 3.08. The van der Waals surface area contributed by atoms with Crippen LogP contribution >= 0.6 is 11.6 Å². The van der Waals surface area contributed by atoms with Gasteiger partial charge in [0.05, 0.1) is 46.2 Å². The van der Waals surface area contributed by atoms with Crippen LogP contribution in [-0.2, 0) is 18.9 Å². The van der Waals surface area contributed by atoms with Crippen molar-refractivity contribution >= 4 is 17.7 Å². The highest BCUT2D eigenvalue weighted by atomic mass is 35.5. The van der Waals surface area contributed by atoms with Crippen molar-refractivity contribution in [2.24, 2.45) is 0 Å². The highest BCUT2D eigenvalue weighted by molar-refractivity contribution is 6.17. The fraction of sp³-hybridized carbons (Fsp3) is 0.933. The molecule has 0 aliphatic carbocycles. The minimum absolute atomic E-state index is 0.283. The molecule has 1 amide bonds. The molecule has 0 radical (unpaired) electrons. The molecule has 0 aliphatic rings. The Kier molecular flexibility index (Phi) is 18.9. The molecule has 0 aromatic carbocycles. The van der Waals surface area contributed by atoms with Crippen LogP contribution in [0.1, 0.15) is 25.7 Å². The molecule has 23 heavy (non-hydrogen) atoms. The van der Waals surface area contributed by atoms with E-state index in [2.05, 4.69) is 5.32 Å². The van der Waals surface area contributed by atoms with E-state index in [0.717, 1.165) is 31.7 Å². The first-order valence-electron chi connectivity index (χ1n) is 8.11. The Hall–Kier alpha value is -0.600. The van der Waals surface area contributed by atoms with Crippen LogP contribution in [0.3, 0.4) is 0 Å². The van der Waals surface area contributed by atoms with Crippen molar-refractivity contribution in [2.45, 2.75) is 25.7 Å². The predicted molar refractivity (Wildman–Crippen MR) is 88.5 cm³/mol. The predicted octanol–water partition coefficient (Wildman–Crippen LogP) is 2.12. The van der Waals surface area contributed by atoms with Gasteiger partial charge < -0.3 is 29.4 Å². The zero-order valence-corrected chi connectivity index (χ0v) is 14.5. The first-order chi connectivity index (χ1) is 11.3. The molecule has 0 rings (SSSR count). The van der Waals surface area contributed by atoms with Gasteiger partial charge in [0, 0.05) is 19.0 Å². The van der Waals surface area contributed by atoms with Gasteiger partial charge in [0.15, 0.2) is 0 Å². The number of carbonyl (C=O) groups is 1. The molecule has 0 aromatic heterocycles. The third kappa shape index (κ3) is 21.4. The lowest BCUT2D eigenvalue weighted by molar-refractivity contribution is -0.00173. The largest absolute Gasteiger partial charge is 0.465 e. The van der Waals surface area contributed by atoms with Crippen LogP contribution in [0.25, 0.3) is 0 Å². The summed E-state index contributed by atoms with van der Waals surface area (Å²) < 4.78 is 21.3. The van der Waals surface area contributed by atoms with Crippen molar-refractivity contribution in [1.29, 1.82) is 0 Å². The summed E-state index contributed by atoms with van der Waals surface area (Å²) in [6.45, 7) is 4.52. The summed E-state index contributed by atoms with van der Waals surface area (Å²) in [5.74, 6) is 0.741. The Morgan fingerprint density at radius 2 is 1.22 bits per heavy atom. The molecule has 7 nitrogen and oxygen atoms in total. The molecule has 0 unspecified atom stereocenters. The van der Waals surface area contributed by atoms with Crippen molar-refractivity contribution in [3.63, 3.8) is 0 Å². The van der Waals surface area contributed by atoms with Crippen molar-refractivity contribution in [3.8, 4) is 0 Å². The molecular formula is C15H30ClNO6. The fourth-order valence-electron chi connectivity index (χ4n) is 1.64. The maximum atomic E-state index is 10.2. The van der Waals surface area contributed by atoms with Crippen LogP contribution in [0.4, 0.5) is 4.79 Å². The summed E-state index contributed by atoms with van der Waals surface area (Å²) in [4.78, 5) is 10.2. The fourth-order valence-corrected chi connectivity index (χ4v) is 1.83. The minimum atomic E-state index is -1.04. The molecule has 2 N–H and O–H groups in total. The molecule has 0 saturated carbocycles. The number of amides is 1. The van der Waals surface area contributed by atoms with Gasteiger partial charge in [-0.05, 0) is 12.8 Å². The zero-order valence-electron chi connectivity index (χ0n) is 13.8. The number of carboxylic acid groups (broad SMARTS) is 1. The second-order valence-corrected chi connectivity index (χ2v) is 5.16. The van der Waals surface area contributed by atoms with Crippen molar-refractivity contribution in [2.75, 3.05) is 65.3 Å². The van der Waals surface area contributed by atoms with Crippen LogP contribution in [0, 0.1) is 0 Å². The van der Waals surface area contributed by atoms with Crippen LogP contribution in [0.15, 0.2) is 0 Å². The summed E-state index contributed by atoms with van der Waals surface area (Å²) in [7, 11) is 0. The Morgan fingerprint density at radius 1 is 0.739 bits per heavy atom. The van der Waals surface area contributed by atoms with Crippen molar-refractivity contribution in [3.05, 3.63) is 0 Å². The molecule has 138 valence electrons. The van der Waals surface area contributed by atoms with E-state index in [-0.39, 0.29) is 6.54 Å². The van der Waals surface area contributed by atoms with Gasteiger partial charge in [0.25, 0.3) is 0 Å². The number of unbranched alkanes of at least 4 members (excludes halogenated alkanes) is 3. The van der Waals surface area contributed by atoms with E-state index in [1.54, 1.807) is 0 Å². The van der Waals surface area contributed by atoms with Crippen LogP contribution in [0.2, 0.25) is 0 Å². The number of alkyl halides is 1. The monoisotopic (exact) mass is 355 g/mol. The highest BCUT2D eigenvalue weighted by Crippen LogP contribution is 2.00. The average molecular weight is 356 g/mol.